The lowest BCUT2D eigenvalue weighted by atomic mass is 10.0. The van der Waals surface area contributed by atoms with Gasteiger partial charge in [0.05, 0.1) is 17.2 Å². The van der Waals surface area contributed by atoms with Crippen LogP contribution < -0.4 is 14.4 Å². The summed E-state index contributed by atoms with van der Waals surface area (Å²) in [5.74, 6) is 1.69. The van der Waals surface area contributed by atoms with Gasteiger partial charge in [-0.25, -0.2) is 0 Å². The van der Waals surface area contributed by atoms with Crippen LogP contribution in [0.4, 0.5) is 5.69 Å². The van der Waals surface area contributed by atoms with E-state index in [9.17, 15) is 0 Å². The Morgan fingerprint density at radius 1 is 0.371 bits per heavy atom. The van der Waals surface area contributed by atoms with Crippen molar-refractivity contribution < 1.29 is 9.47 Å². The van der Waals surface area contributed by atoms with Gasteiger partial charge in [0, 0.05) is 69.1 Å². The summed E-state index contributed by atoms with van der Waals surface area (Å²) in [5, 5.41) is 12.1. The first-order chi connectivity index (χ1) is 40.9. The molecule has 0 saturated carbocycles. The van der Waals surface area contributed by atoms with E-state index in [4.69, 9.17) is 9.47 Å². The highest BCUT2D eigenvalue weighted by Crippen LogP contribution is 2.30. The lowest BCUT2D eigenvalue weighted by Crippen LogP contribution is -2.24. The van der Waals surface area contributed by atoms with E-state index in [0.29, 0.717) is 39.3 Å². The molecular formula is C81H126N6O2. The largest absolute Gasteiger partial charge is 0.454 e. The highest BCUT2D eigenvalue weighted by atomic mass is 16.7. The number of hydrogen-bond donors (Lipinski definition) is 0. The van der Waals surface area contributed by atoms with Crippen molar-refractivity contribution in [2.75, 3.05) is 25.3 Å². The summed E-state index contributed by atoms with van der Waals surface area (Å²) in [6.45, 7) is 54.1. The van der Waals surface area contributed by atoms with Gasteiger partial charge in [0.25, 0.3) is 0 Å². The smallest absolute Gasteiger partial charge is 0.231 e. The molecule has 8 heteroatoms. The lowest BCUT2D eigenvalue weighted by Gasteiger charge is -2.26. The Balaban J connectivity index is 0.000000493. The molecule has 0 bridgehead atoms. The molecule has 0 atom stereocenters. The molecule has 2 aliphatic heterocycles. The summed E-state index contributed by atoms with van der Waals surface area (Å²) < 4.78 is 16.0. The van der Waals surface area contributed by atoms with Crippen molar-refractivity contribution in [3.63, 3.8) is 0 Å². The minimum atomic E-state index is 0.360. The summed E-state index contributed by atoms with van der Waals surface area (Å²) in [5.41, 5.74) is 12.6. The molecule has 0 radical (unpaired) electrons. The summed E-state index contributed by atoms with van der Waals surface area (Å²) in [4.78, 5) is 2.33. The van der Waals surface area contributed by atoms with Gasteiger partial charge in [-0.05, 0) is 129 Å². The third kappa shape index (κ3) is 44.3. The second-order valence-corrected chi connectivity index (χ2v) is 32.8. The van der Waals surface area contributed by atoms with Crippen LogP contribution in [0.3, 0.4) is 0 Å². The van der Waals surface area contributed by atoms with E-state index in [1.807, 2.05) is 90.4 Å². The average Bonchev–Trinajstić information content (AvgIpc) is 3.82. The Bertz CT molecular complexity index is 2950. The van der Waals surface area contributed by atoms with Crippen molar-refractivity contribution in [2.45, 2.75) is 198 Å². The SMILES string of the molecule is CC(C)(C)C.CC(C)(C)C.CC(C)(C)C.CC(C)(C)C.CC(C)(C)C.CC(C)(C)C.CN1CCCc2ccccc21.Cn1cc2ccccc2n1.Cn1ccc2ccccc21.Cn1ncc2ccccc21.c1ccc2c(c1)CCC2.c1ccc2c(c1)OCO2. The van der Waals surface area contributed by atoms with E-state index in [1.165, 1.54) is 77.1 Å². The fourth-order valence-corrected chi connectivity index (χ4v) is 7.49. The zero-order valence-electron chi connectivity index (χ0n) is 61.6. The Labute approximate surface area is 544 Å². The molecule has 0 spiro atoms. The Hall–Kier alpha value is -6.80. The average molecular weight is 1220 g/mol. The molecule has 5 heterocycles. The minimum absolute atomic E-state index is 0.360. The van der Waals surface area contributed by atoms with Gasteiger partial charge in [0.15, 0.2) is 11.5 Å². The maximum atomic E-state index is 5.08. The van der Waals surface area contributed by atoms with E-state index in [1.54, 1.807) is 11.1 Å². The molecule has 0 fully saturated rings. The fraction of sp³-hybridized carbons (Fsp3) is 0.506. The van der Waals surface area contributed by atoms with Gasteiger partial charge in [-0.1, -0.05) is 275 Å². The molecule has 0 N–H and O–H groups in total. The number of ether oxygens (including phenoxy) is 2. The number of fused-ring (bicyclic) bond motifs is 6. The molecule has 9 aromatic rings. The van der Waals surface area contributed by atoms with Crippen LogP contribution >= 0.6 is 0 Å². The number of hydrogen-bond acceptors (Lipinski definition) is 5. The highest BCUT2D eigenvalue weighted by molar-refractivity contribution is 5.80. The molecule has 0 amide bonds. The molecule has 0 saturated heterocycles. The summed E-state index contributed by atoms with van der Waals surface area (Å²) in [6.07, 6.45) is 12.5. The van der Waals surface area contributed by atoms with E-state index in [0.717, 1.165) is 17.0 Å². The van der Waals surface area contributed by atoms with Crippen LogP contribution in [0.25, 0.3) is 32.7 Å². The first-order valence-corrected chi connectivity index (χ1v) is 32.4. The van der Waals surface area contributed by atoms with Gasteiger partial charge in [0.1, 0.15) is 0 Å². The zero-order valence-corrected chi connectivity index (χ0v) is 61.6. The molecule has 8 nitrogen and oxygen atoms in total. The normalized spacial score (nSPS) is 12.6. The van der Waals surface area contributed by atoms with Crippen LogP contribution in [-0.2, 0) is 40.4 Å². The number of nitrogens with zero attached hydrogens (tertiary/aromatic N) is 6. The van der Waals surface area contributed by atoms with Crippen LogP contribution in [0.2, 0.25) is 0 Å². The molecule has 3 aromatic heterocycles. The van der Waals surface area contributed by atoms with E-state index in [2.05, 4.69) is 303 Å². The van der Waals surface area contributed by atoms with Gasteiger partial charge >= 0.3 is 0 Å². The Kier molecular flexibility index (Phi) is 34.9. The number of aromatic nitrogens is 5. The molecule has 3 aliphatic rings. The van der Waals surface area contributed by atoms with Gasteiger partial charge in [-0.2, -0.15) is 10.2 Å². The Morgan fingerprint density at radius 3 is 1.18 bits per heavy atom. The van der Waals surface area contributed by atoms with Crippen LogP contribution in [0.15, 0.2) is 170 Å². The van der Waals surface area contributed by atoms with Gasteiger partial charge in [-0.3, -0.25) is 9.36 Å². The van der Waals surface area contributed by atoms with Crippen LogP contribution in [0.5, 0.6) is 11.5 Å². The third-order valence-electron chi connectivity index (χ3n) is 10.6. The summed E-state index contributed by atoms with van der Waals surface area (Å²) >= 11 is 0. The predicted octanol–water partition coefficient (Wildman–Crippen LogP) is 23.3. The van der Waals surface area contributed by atoms with E-state index < -0.39 is 0 Å². The standard InChI is InChI=1S/C10H13N.C9H9N.C9H10.2C8H8N2.C7H6O2.6C5H12/c1-11-8-4-6-9-5-2-3-7-10(9)11;1-10-7-6-8-4-2-3-5-9(8)10;1-2-5-9-7-3-6-8(9)4-1;1-10-6-7-4-2-3-5-8(7)9-10;1-10-8-5-3-2-4-7(8)6-9-10;1-2-4-7-6(3-1)8-5-9-7;6*1-5(2,3)4/h2-3,5,7H,4,6,8H2,1H3;2-7H,1H3;1-2,4-5H,3,6-7H2;2*2-6H,1H3;1-4H,5H2;6*1-4H3. The van der Waals surface area contributed by atoms with Gasteiger partial charge in [0.2, 0.25) is 6.79 Å². The number of aryl methyl sites for hydroxylation is 6. The second kappa shape index (κ2) is 38.7. The fourth-order valence-electron chi connectivity index (χ4n) is 7.49. The molecule has 6 aromatic carbocycles. The Morgan fingerprint density at radius 2 is 0.742 bits per heavy atom. The molecule has 0 unspecified atom stereocenters. The van der Waals surface area contributed by atoms with Crippen molar-refractivity contribution in [3.8, 4) is 11.5 Å². The number of benzene rings is 6. The quantitative estimate of drug-likeness (QED) is 0.151. The summed E-state index contributed by atoms with van der Waals surface area (Å²) in [7, 11) is 8.10. The van der Waals surface area contributed by atoms with Gasteiger partial charge < -0.3 is 18.9 Å². The van der Waals surface area contributed by atoms with Crippen molar-refractivity contribution in [2.24, 2.45) is 53.6 Å². The molecular weight excluding hydrogens is 1090 g/mol. The van der Waals surface area contributed by atoms with Crippen molar-refractivity contribution in [1.29, 1.82) is 0 Å². The maximum absolute atomic E-state index is 5.08. The number of anilines is 1. The predicted molar refractivity (Wildman–Crippen MR) is 394 cm³/mol. The van der Waals surface area contributed by atoms with Crippen LogP contribution in [-0.4, -0.2) is 44.5 Å². The second-order valence-electron chi connectivity index (χ2n) is 32.8. The minimum Gasteiger partial charge on any atom is -0.454 e. The lowest BCUT2D eigenvalue weighted by molar-refractivity contribution is 0.174. The van der Waals surface area contributed by atoms with Crippen LogP contribution in [0, 0.1) is 32.5 Å². The molecule has 12 rings (SSSR count). The molecule has 1 aliphatic carbocycles. The van der Waals surface area contributed by atoms with E-state index >= 15 is 0 Å². The number of para-hydroxylation sites is 5. The third-order valence-corrected chi connectivity index (χ3v) is 10.6. The topological polar surface area (TPSA) is 62.3 Å². The van der Waals surface area contributed by atoms with E-state index in [-0.39, 0.29) is 0 Å². The van der Waals surface area contributed by atoms with Crippen molar-refractivity contribution >= 4 is 38.4 Å². The molecule has 492 valence electrons. The van der Waals surface area contributed by atoms with Crippen molar-refractivity contribution in [3.05, 3.63) is 187 Å². The maximum Gasteiger partial charge on any atom is 0.231 e. The highest BCUT2D eigenvalue weighted by Gasteiger charge is 2.12. The number of rotatable bonds is 0. The first kappa shape index (κ1) is 80.2. The monoisotopic (exact) mass is 1210 g/mol. The summed E-state index contributed by atoms with van der Waals surface area (Å²) in [6, 6.07) is 51.7. The van der Waals surface area contributed by atoms with Crippen LogP contribution in [0.1, 0.15) is 196 Å². The van der Waals surface area contributed by atoms with Gasteiger partial charge in [-0.15, -0.1) is 0 Å². The first-order valence-electron chi connectivity index (χ1n) is 32.4. The zero-order chi connectivity index (χ0) is 67.8. The molecule has 89 heavy (non-hydrogen) atoms. The van der Waals surface area contributed by atoms with Crippen molar-refractivity contribution in [1.82, 2.24) is 24.1 Å².